The van der Waals surface area contributed by atoms with Crippen LogP contribution in [0.1, 0.15) is 82.1 Å². The molecule has 1 saturated carbocycles. The van der Waals surface area contributed by atoms with Crippen molar-refractivity contribution in [1.29, 1.82) is 0 Å². The van der Waals surface area contributed by atoms with Crippen LogP contribution in [0, 0.1) is 19.8 Å². The quantitative estimate of drug-likeness (QED) is 0.899. The Morgan fingerprint density at radius 3 is 2.19 bits per heavy atom. The Kier molecular flexibility index (Phi) is 5.03. The second-order valence-corrected chi connectivity index (χ2v) is 7.62. The topological polar surface area (TPSA) is 37.8 Å². The zero-order chi connectivity index (χ0) is 15.6. The Bertz CT molecular complexity index is 465. The minimum atomic E-state index is 0.122. The van der Waals surface area contributed by atoms with Gasteiger partial charge >= 0.3 is 0 Å². The number of hydrogen-bond donors (Lipinski definition) is 1. The average Bonchev–Trinajstić information content (AvgIpc) is 2.85. The molecular formula is C18H31N3. The fourth-order valence-electron chi connectivity index (χ4n) is 3.24. The first-order chi connectivity index (χ1) is 9.80. The average molecular weight is 289 g/mol. The molecule has 2 rings (SSSR count). The van der Waals surface area contributed by atoms with E-state index in [-0.39, 0.29) is 5.54 Å². The predicted molar refractivity (Wildman–Crippen MR) is 88.5 cm³/mol. The van der Waals surface area contributed by atoms with Crippen LogP contribution in [-0.4, -0.2) is 15.5 Å². The van der Waals surface area contributed by atoms with Crippen molar-refractivity contribution in [3.63, 3.8) is 0 Å². The van der Waals surface area contributed by atoms with Crippen LogP contribution in [0.25, 0.3) is 0 Å². The monoisotopic (exact) mass is 289 g/mol. The van der Waals surface area contributed by atoms with Crippen LogP contribution >= 0.6 is 0 Å². The molecule has 1 heterocycles. The lowest BCUT2D eigenvalue weighted by atomic mass is 10.0. The van der Waals surface area contributed by atoms with Crippen LogP contribution in [0.2, 0.25) is 0 Å². The van der Waals surface area contributed by atoms with Gasteiger partial charge in [-0.2, -0.15) is 0 Å². The molecular weight excluding hydrogens is 258 g/mol. The van der Waals surface area contributed by atoms with Crippen molar-refractivity contribution in [2.45, 2.75) is 85.2 Å². The molecule has 1 N–H and O–H groups in total. The maximum Gasteiger partial charge on any atom is 0.131 e. The molecule has 1 fully saturated rings. The minimum Gasteiger partial charge on any atom is -0.308 e. The first-order valence-corrected chi connectivity index (χ1v) is 8.39. The number of rotatable bonds is 4. The number of nitrogens with zero attached hydrogens (tertiary/aromatic N) is 2. The van der Waals surface area contributed by atoms with Crippen LogP contribution in [0.5, 0.6) is 0 Å². The second kappa shape index (κ2) is 6.43. The maximum atomic E-state index is 4.83. The van der Waals surface area contributed by atoms with E-state index in [1.54, 1.807) is 0 Å². The van der Waals surface area contributed by atoms with E-state index >= 15 is 0 Å². The summed E-state index contributed by atoms with van der Waals surface area (Å²) in [5.41, 5.74) is 3.68. The Morgan fingerprint density at radius 2 is 1.71 bits per heavy atom. The summed E-state index contributed by atoms with van der Waals surface area (Å²) in [6, 6.07) is 0. The summed E-state index contributed by atoms with van der Waals surface area (Å²) in [5.74, 6) is 2.54. The lowest BCUT2D eigenvalue weighted by Gasteiger charge is -2.22. The summed E-state index contributed by atoms with van der Waals surface area (Å²) >= 11 is 0. The van der Waals surface area contributed by atoms with Crippen molar-refractivity contribution in [1.82, 2.24) is 15.3 Å². The number of aromatic nitrogens is 2. The van der Waals surface area contributed by atoms with E-state index in [0.717, 1.165) is 29.7 Å². The van der Waals surface area contributed by atoms with Crippen LogP contribution in [0.15, 0.2) is 0 Å². The van der Waals surface area contributed by atoms with Gasteiger partial charge in [-0.3, -0.25) is 0 Å². The van der Waals surface area contributed by atoms with Gasteiger partial charge in [-0.05, 0) is 59.8 Å². The van der Waals surface area contributed by atoms with Gasteiger partial charge in [0.1, 0.15) is 5.82 Å². The van der Waals surface area contributed by atoms with Gasteiger partial charge in [0.25, 0.3) is 0 Å². The molecule has 0 amide bonds. The van der Waals surface area contributed by atoms with Crippen molar-refractivity contribution in [3.8, 4) is 0 Å². The molecule has 21 heavy (non-hydrogen) atoms. The minimum absolute atomic E-state index is 0.122. The molecule has 1 aromatic rings. The molecule has 118 valence electrons. The molecule has 1 aliphatic rings. The fraction of sp³-hybridized carbons (Fsp3) is 0.778. The summed E-state index contributed by atoms with van der Waals surface area (Å²) in [6.07, 6.45) is 5.17. The molecule has 3 heteroatoms. The normalized spacial score (nSPS) is 22.8. The number of nitrogens with one attached hydrogen (secondary N) is 1. The van der Waals surface area contributed by atoms with Crippen molar-refractivity contribution < 1.29 is 0 Å². The van der Waals surface area contributed by atoms with Crippen LogP contribution in [-0.2, 0) is 6.54 Å². The summed E-state index contributed by atoms with van der Waals surface area (Å²) < 4.78 is 0. The van der Waals surface area contributed by atoms with E-state index in [1.807, 2.05) is 0 Å². The smallest absolute Gasteiger partial charge is 0.131 e. The van der Waals surface area contributed by atoms with E-state index in [0.29, 0.717) is 5.92 Å². The van der Waals surface area contributed by atoms with Gasteiger partial charge in [-0.1, -0.05) is 13.3 Å². The lowest BCUT2D eigenvalue weighted by Crippen LogP contribution is -2.35. The molecule has 2 atom stereocenters. The summed E-state index contributed by atoms with van der Waals surface area (Å²) in [6.45, 7) is 14.0. The third-order valence-electron chi connectivity index (χ3n) is 4.72. The SMILES string of the molecule is CCC1CCC(c2nc(C)c(CNC(C)(C)C)c(C)n2)C1. The highest BCUT2D eigenvalue weighted by Gasteiger charge is 2.27. The largest absolute Gasteiger partial charge is 0.308 e. The van der Waals surface area contributed by atoms with Gasteiger partial charge in [0.05, 0.1) is 0 Å². The zero-order valence-electron chi connectivity index (χ0n) is 14.6. The van der Waals surface area contributed by atoms with Crippen LogP contribution < -0.4 is 5.32 Å². The molecule has 0 bridgehead atoms. The molecule has 0 aliphatic heterocycles. The molecule has 0 spiro atoms. The van der Waals surface area contributed by atoms with Gasteiger partial charge in [0, 0.05) is 35.0 Å². The van der Waals surface area contributed by atoms with Gasteiger partial charge < -0.3 is 5.32 Å². The Balaban J connectivity index is 2.13. The molecule has 0 radical (unpaired) electrons. The van der Waals surface area contributed by atoms with Gasteiger partial charge in [0.15, 0.2) is 0 Å². The van der Waals surface area contributed by atoms with E-state index in [4.69, 9.17) is 9.97 Å². The van der Waals surface area contributed by atoms with Crippen molar-refractivity contribution in [3.05, 3.63) is 22.8 Å². The Morgan fingerprint density at radius 1 is 1.10 bits per heavy atom. The molecule has 2 unspecified atom stereocenters. The Labute approximate surface area is 130 Å². The van der Waals surface area contributed by atoms with Crippen LogP contribution in [0.3, 0.4) is 0 Å². The van der Waals surface area contributed by atoms with Gasteiger partial charge in [-0.15, -0.1) is 0 Å². The van der Waals surface area contributed by atoms with Crippen molar-refractivity contribution in [2.75, 3.05) is 0 Å². The predicted octanol–water partition coefficient (Wildman–Crippen LogP) is 4.28. The molecule has 0 saturated heterocycles. The zero-order valence-corrected chi connectivity index (χ0v) is 14.6. The molecule has 3 nitrogen and oxygen atoms in total. The van der Waals surface area contributed by atoms with Crippen LogP contribution in [0.4, 0.5) is 0 Å². The standard InChI is InChI=1S/C18H31N3/c1-7-14-8-9-15(10-14)17-20-12(2)16(13(3)21-17)11-19-18(4,5)6/h14-15,19H,7-11H2,1-6H3. The van der Waals surface area contributed by atoms with E-state index in [2.05, 4.69) is 46.9 Å². The highest BCUT2D eigenvalue weighted by Crippen LogP contribution is 2.38. The fourth-order valence-corrected chi connectivity index (χ4v) is 3.24. The highest BCUT2D eigenvalue weighted by atomic mass is 15.0. The van der Waals surface area contributed by atoms with Crippen molar-refractivity contribution >= 4 is 0 Å². The maximum absolute atomic E-state index is 4.83. The number of hydrogen-bond acceptors (Lipinski definition) is 3. The summed E-state index contributed by atoms with van der Waals surface area (Å²) in [7, 11) is 0. The first kappa shape index (κ1) is 16.4. The molecule has 1 aromatic heterocycles. The summed E-state index contributed by atoms with van der Waals surface area (Å²) in [4.78, 5) is 9.67. The Hall–Kier alpha value is -0.960. The molecule has 0 aromatic carbocycles. The first-order valence-electron chi connectivity index (χ1n) is 8.39. The van der Waals surface area contributed by atoms with E-state index < -0.39 is 0 Å². The highest BCUT2D eigenvalue weighted by molar-refractivity contribution is 5.25. The second-order valence-electron chi connectivity index (χ2n) is 7.62. The number of aryl methyl sites for hydroxylation is 2. The van der Waals surface area contributed by atoms with Gasteiger partial charge in [0.2, 0.25) is 0 Å². The third kappa shape index (κ3) is 4.26. The van der Waals surface area contributed by atoms with E-state index in [1.165, 1.54) is 31.2 Å². The summed E-state index contributed by atoms with van der Waals surface area (Å²) in [5, 5.41) is 3.55. The lowest BCUT2D eigenvalue weighted by molar-refractivity contribution is 0.422. The van der Waals surface area contributed by atoms with Gasteiger partial charge in [-0.25, -0.2) is 9.97 Å². The van der Waals surface area contributed by atoms with Crippen molar-refractivity contribution in [2.24, 2.45) is 5.92 Å². The third-order valence-corrected chi connectivity index (χ3v) is 4.72. The molecule has 1 aliphatic carbocycles. The van der Waals surface area contributed by atoms with E-state index in [9.17, 15) is 0 Å².